The lowest BCUT2D eigenvalue weighted by Crippen LogP contribution is -2.43. The highest BCUT2D eigenvalue weighted by Crippen LogP contribution is 2.37. The summed E-state index contributed by atoms with van der Waals surface area (Å²) in [5.74, 6) is 0. The lowest BCUT2D eigenvalue weighted by Gasteiger charge is -2.36. The van der Waals surface area contributed by atoms with Gasteiger partial charge in [0.15, 0.2) is 0 Å². The van der Waals surface area contributed by atoms with E-state index in [-0.39, 0.29) is 11.6 Å². The van der Waals surface area contributed by atoms with Crippen LogP contribution in [-0.4, -0.2) is 22.7 Å². The van der Waals surface area contributed by atoms with Gasteiger partial charge in [-0.05, 0) is 12.8 Å². The molecule has 4 heteroatoms. The molecule has 0 aliphatic heterocycles. The van der Waals surface area contributed by atoms with Crippen molar-refractivity contribution in [1.29, 1.82) is 0 Å². The first kappa shape index (κ1) is 12.5. The highest BCUT2D eigenvalue weighted by molar-refractivity contribution is 5.09. The predicted octanol–water partition coefficient (Wildman–Crippen LogP) is 2.22. The lowest BCUT2D eigenvalue weighted by molar-refractivity contribution is -0.0452. The van der Waals surface area contributed by atoms with E-state index in [1.165, 1.54) is 25.7 Å². The molecule has 1 aliphatic rings. The first-order valence-electron chi connectivity index (χ1n) is 6.35. The second kappa shape index (κ2) is 5.56. The topological polar surface area (TPSA) is 61.0 Å². The maximum Gasteiger partial charge on any atom is 0.0886 e. The third kappa shape index (κ3) is 2.64. The first-order valence-corrected chi connectivity index (χ1v) is 6.35. The molecule has 1 aromatic heterocycles. The van der Waals surface area contributed by atoms with E-state index in [9.17, 15) is 0 Å². The van der Waals surface area contributed by atoms with E-state index in [1.807, 2.05) is 0 Å². The number of nitrogens with zero attached hydrogens (tertiary/aromatic N) is 2. The Balaban J connectivity index is 2.21. The third-order valence-electron chi connectivity index (χ3n) is 3.83. The summed E-state index contributed by atoms with van der Waals surface area (Å²) in [5, 5.41) is 0. The largest absolute Gasteiger partial charge is 0.376 e. The molecule has 1 atom stereocenters. The van der Waals surface area contributed by atoms with Crippen molar-refractivity contribution >= 4 is 0 Å². The van der Waals surface area contributed by atoms with E-state index < -0.39 is 0 Å². The Morgan fingerprint density at radius 1 is 1.24 bits per heavy atom. The van der Waals surface area contributed by atoms with Gasteiger partial charge in [-0.2, -0.15) is 0 Å². The van der Waals surface area contributed by atoms with Crippen molar-refractivity contribution in [2.75, 3.05) is 7.11 Å². The standard InChI is InChI=1S/C13H21N3O/c1-17-13(6-4-2-3-5-7-13)12(14)11-10-15-8-9-16-11/h8-10,12H,2-7,14H2,1H3. The quantitative estimate of drug-likeness (QED) is 0.816. The fourth-order valence-corrected chi connectivity index (χ4v) is 2.71. The zero-order valence-corrected chi connectivity index (χ0v) is 10.4. The number of hydrogen-bond acceptors (Lipinski definition) is 4. The summed E-state index contributed by atoms with van der Waals surface area (Å²) in [4.78, 5) is 8.40. The molecule has 2 N–H and O–H groups in total. The summed E-state index contributed by atoms with van der Waals surface area (Å²) in [6, 6.07) is -0.181. The summed E-state index contributed by atoms with van der Waals surface area (Å²) in [6.45, 7) is 0. The van der Waals surface area contributed by atoms with Gasteiger partial charge in [0.1, 0.15) is 0 Å². The minimum absolute atomic E-state index is 0.181. The second-order valence-electron chi connectivity index (χ2n) is 4.79. The zero-order valence-electron chi connectivity index (χ0n) is 10.4. The third-order valence-corrected chi connectivity index (χ3v) is 3.83. The van der Waals surface area contributed by atoms with Gasteiger partial charge in [-0.15, -0.1) is 0 Å². The van der Waals surface area contributed by atoms with Crippen LogP contribution >= 0.6 is 0 Å². The Morgan fingerprint density at radius 3 is 2.47 bits per heavy atom. The highest BCUT2D eigenvalue weighted by Gasteiger charge is 2.38. The Kier molecular flexibility index (Phi) is 4.07. The van der Waals surface area contributed by atoms with Crippen LogP contribution in [0.4, 0.5) is 0 Å². The second-order valence-corrected chi connectivity index (χ2v) is 4.79. The van der Waals surface area contributed by atoms with Crippen LogP contribution in [0.3, 0.4) is 0 Å². The van der Waals surface area contributed by atoms with Crippen LogP contribution in [0.5, 0.6) is 0 Å². The van der Waals surface area contributed by atoms with Crippen molar-refractivity contribution in [3.8, 4) is 0 Å². The Morgan fingerprint density at radius 2 is 1.94 bits per heavy atom. The van der Waals surface area contributed by atoms with Crippen LogP contribution in [0.25, 0.3) is 0 Å². The fraction of sp³-hybridized carbons (Fsp3) is 0.692. The van der Waals surface area contributed by atoms with Gasteiger partial charge in [0, 0.05) is 19.5 Å². The minimum atomic E-state index is -0.257. The minimum Gasteiger partial charge on any atom is -0.376 e. The fourth-order valence-electron chi connectivity index (χ4n) is 2.71. The maximum atomic E-state index is 6.36. The number of hydrogen-bond donors (Lipinski definition) is 1. The SMILES string of the molecule is COC1(C(N)c2cnccn2)CCCCCC1. The molecule has 0 bridgehead atoms. The molecule has 0 amide bonds. The van der Waals surface area contributed by atoms with Gasteiger partial charge in [0.25, 0.3) is 0 Å². The molecule has 1 aliphatic carbocycles. The maximum absolute atomic E-state index is 6.36. The highest BCUT2D eigenvalue weighted by atomic mass is 16.5. The van der Waals surface area contributed by atoms with Crippen molar-refractivity contribution in [2.45, 2.75) is 50.2 Å². The molecule has 0 radical (unpaired) electrons. The Labute approximate surface area is 103 Å². The van der Waals surface area contributed by atoms with Crippen LogP contribution in [0, 0.1) is 0 Å². The average molecular weight is 235 g/mol. The number of rotatable bonds is 3. The monoisotopic (exact) mass is 235 g/mol. The lowest BCUT2D eigenvalue weighted by atomic mass is 9.85. The van der Waals surface area contributed by atoms with E-state index in [0.717, 1.165) is 18.5 Å². The molecule has 17 heavy (non-hydrogen) atoms. The molecule has 1 aromatic rings. The van der Waals surface area contributed by atoms with Gasteiger partial charge in [-0.3, -0.25) is 9.97 Å². The van der Waals surface area contributed by atoms with Crippen molar-refractivity contribution in [2.24, 2.45) is 5.73 Å². The van der Waals surface area contributed by atoms with Gasteiger partial charge in [0.05, 0.1) is 23.5 Å². The number of nitrogens with two attached hydrogens (primary N) is 1. The Hall–Kier alpha value is -1.00. The zero-order chi connectivity index (χ0) is 12.1. The van der Waals surface area contributed by atoms with Crippen LogP contribution in [0.2, 0.25) is 0 Å². The summed E-state index contributed by atoms with van der Waals surface area (Å²) in [7, 11) is 1.77. The molecule has 4 nitrogen and oxygen atoms in total. The van der Waals surface area contributed by atoms with Crippen molar-refractivity contribution in [3.63, 3.8) is 0 Å². The van der Waals surface area contributed by atoms with Gasteiger partial charge in [-0.1, -0.05) is 25.7 Å². The average Bonchev–Trinajstić information content (AvgIpc) is 2.65. The van der Waals surface area contributed by atoms with E-state index in [0.29, 0.717) is 0 Å². The molecule has 1 heterocycles. The van der Waals surface area contributed by atoms with E-state index in [4.69, 9.17) is 10.5 Å². The first-order chi connectivity index (χ1) is 8.28. The molecule has 1 unspecified atom stereocenters. The predicted molar refractivity (Wildman–Crippen MR) is 66.4 cm³/mol. The van der Waals surface area contributed by atoms with Gasteiger partial charge in [0.2, 0.25) is 0 Å². The Bertz CT molecular complexity index is 334. The van der Waals surface area contributed by atoms with Crippen LogP contribution in [0.15, 0.2) is 18.6 Å². The molecule has 1 fully saturated rings. The van der Waals surface area contributed by atoms with Crippen molar-refractivity contribution < 1.29 is 4.74 Å². The molecule has 0 spiro atoms. The summed E-state index contributed by atoms with van der Waals surface area (Å²) in [5.41, 5.74) is 6.93. The van der Waals surface area contributed by atoms with Crippen molar-refractivity contribution in [1.82, 2.24) is 9.97 Å². The smallest absolute Gasteiger partial charge is 0.0886 e. The normalized spacial score (nSPS) is 21.8. The molecule has 94 valence electrons. The number of methoxy groups -OCH3 is 1. The van der Waals surface area contributed by atoms with Gasteiger partial charge >= 0.3 is 0 Å². The molecular weight excluding hydrogens is 214 g/mol. The molecule has 0 aromatic carbocycles. The molecular formula is C13H21N3O. The summed E-state index contributed by atoms with van der Waals surface area (Å²) >= 11 is 0. The van der Waals surface area contributed by atoms with Crippen LogP contribution < -0.4 is 5.73 Å². The van der Waals surface area contributed by atoms with Crippen LogP contribution in [0.1, 0.15) is 50.3 Å². The van der Waals surface area contributed by atoms with Crippen LogP contribution in [-0.2, 0) is 4.74 Å². The molecule has 1 saturated carbocycles. The molecule has 0 saturated heterocycles. The van der Waals surface area contributed by atoms with Gasteiger partial charge in [-0.25, -0.2) is 0 Å². The summed E-state index contributed by atoms with van der Waals surface area (Å²) < 4.78 is 5.78. The van der Waals surface area contributed by atoms with Gasteiger partial charge < -0.3 is 10.5 Å². The number of aromatic nitrogens is 2. The number of ether oxygens (including phenoxy) is 1. The molecule has 2 rings (SSSR count). The summed E-state index contributed by atoms with van der Waals surface area (Å²) in [6.07, 6.45) is 12.1. The van der Waals surface area contributed by atoms with E-state index in [1.54, 1.807) is 25.7 Å². The van der Waals surface area contributed by atoms with E-state index >= 15 is 0 Å². The van der Waals surface area contributed by atoms with Crippen molar-refractivity contribution in [3.05, 3.63) is 24.3 Å². The van der Waals surface area contributed by atoms with E-state index in [2.05, 4.69) is 9.97 Å².